The Hall–Kier alpha value is -1.09. The van der Waals surface area contributed by atoms with Crippen molar-refractivity contribution in [3.05, 3.63) is 29.0 Å². The highest BCUT2D eigenvalue weighted by Gasteiger charge is 2.33. The van der Waals surface area contributed by atoms with E-state index in [0.29, 0.717) is 0 Å². The highest BCUT2D eigenvalue weighted by atomic mass is 35.5. The molecule has 2 fully saturated rings. The molecule has 0 heterocycles. The van der Waals surface area contributed by atoms with Crippen LogP contribution in [0.3, 0.4) is 0 Å². The van der Waals surface area contributed by atoms with E-state index in [9.17, 15) is 9.18 Å². The molecule has 0 atom stereocenters. The summed E-state index contributed by atoms with van der Waals surface area (Å²) >= 11 is 5.68. The zero-order chi connectivity index (χ0) is 19.9. The quantitative estimate of drug-likeness (QED) is 0.264. The molecular weight excluding hydrogens is 375 g/mol. The second-order valence-electron chi connectivity index (χ2n) is 8.89. The molecule has 2 aliphatic rings. The van der Waals surface area contributed by atoms with Gasteiger partial charge in [0.05, 0.1) is 10.9 Å². The molecule has 28 heavy (non-hydrogen) atoms. The minimum Gasteiger partial charge on any atom is -0.426 e. The lowest BCUT2D eigenvalue weighted by Gasteiger charge is -2.37. The van der Waals surface area contributed by atoms with Crippen LogP contribution < -0.4 is 4.74 Å². The van der Waals surface area contributed by atoms with Crippen LogP contribution in [0.15, 0.2) is 18.2 Å². The van der Waals surface area contributed by atoms with Gasteiger partial charge in [-0.25, -0.2) is 4.39 Å². The largest absolute Gasteiger partial charge is 0.426 e. The maximum absolute atomic E-state index is 13.5. The monoisotopic (exact) mass is 408 g/mol. The SMILES string of the molecule is CCCCCC1CCC(C2CCC(C(=O)Oc3ccc(Cl)c(F)c3)CC2)CC1. The Morgan fingerprint density at radius 3 is 2.29 bits per heavy atom. The van der Waals surface area contributed by atoms with Crippen LogP contribution >= 0.6 is 11.6 Å². The van der Waals surface area contributed by atoms with Gasteiger partial charge in [-0.1, -0.05) is 57.0 Å². The lowest BCUT2D eigenvalue weighted by Crippen LogP contribution is -2.30. The van der Waals surface area contributed by atoms with Gasteiger partial charge < -0.3 is 4.74 Å². The minimum atomic E-state index is -0.555. The van der Waals surface area contributed by atoms with Crippen molar-refractivity contribution in [2.45, 2.75) is 84.0 Å². The average molecular weight is 409 g/mol. The van der Waals surface area contributed by atoms with E-state index in [0.717, 1.165) is 43.4 Å². The molecule has 4 heteroatoms. The van der Waals surface area contributed by atoms with Gasteiger partial charge in [-0.15, -0.1) is 0 Å². The number of halogens is 2. The summed E-state index contributed by atoms with van der Waals surface area (Å²) in [5.41, 5.74) is 0. The standard InChI is InChI=1S/C24H34ClFO2/c1-2-3-4-5-17-6-8-18(9-7-17)19-10-12-20(13-11-19)24(27)28-21-14-15-22(25)23(26)16-21/h14-20H,2-13H2,1H3. The van der Waals surface area contributed by atoms with Gasteiger partial charge >= 0.3 is 5.97 Å². The Kier molecular flexibility index (Phi) is 8.20. The molecule has 0 bridgehead atoms. The number of hydrogen-bond acceptors (Lipinski definition) is 2. The Morgan fingerprint density at radius 1 is 1.04 bits per heavy atom. The van der Waals surface area contributed by atoms with Crippen molar-refractivity contribution in [3.63, 3.8) is 0 Å². The van der Waals surface area contributed by atoms with Crippen LogP contribution in [0.25, 0.3) is 0 Å². The fourth-order valence-electron chi connectivity index (χ4n) is 5.20. The third-order valence-corrected chi connectivity index (χ3v) is 7.30. The van der Waals surface area contributed by atoms with Crippen molar-refractivity contribution in [3.8, 4) is 5.75 Å². The van der Waals surface area contributed by atoms with E-state index in [1.807, 2.05) is 0 Å². The first-order valence-corrected chi connectivity index (χ1v) is 11.6. The summed E-state index contributed by atoms with van der Waals surface area (Å²) in [5, 5.41) is 0.0420. The Labute approximate surface area is 174 Å². The number of benzene rings is 1. The van der Waals surface area contributed by atoms with Crippen LogP contribution in [-0.4, -0.2) is 5.97 Å². The van der Waals surface area contributed by atoms with E-state index in [-0.39, 0.29) is 22.7 Å². The Bertz CT molecular complexity index is 631. The molecule has 0 amide bonds. The molecule has 1 aromatic carbocycles. The molecule has 156 valence electrons. The molecule has 2 saturated carbocycles. The fraction of sp³-hybridized carbons (Fsp3) is 0.708. The molecule has 0 aliphatic heterocycles. The van der Waals surface area contributed by atoms with E-state index in [1.165, 1.54) is 63.5 Å². The summed E-state index contributed by atoms with van der Waals surface area (Å²) in [6.07, 6.45) is 15.1. The number of ether oxygens (including phenoxy) is 1. The summed E-state index contributed by atoms with van der Waals surface area (Å²) in [5.74, 6) is 1.99. The molecular formula is C24H34ClFO2. The van der Waals surface area contributed by atoms with Crippen molar-refractivity contribution in [1.82, 2.24) is 0 Å². The molecule has 0 saturated heterocycles. The van der Waals surface area contributed by atoms with Gasteiger partial charge in [-0.05, 0) is 68.4 Å². The normalized spacial score (nSPS) is 28.1. The molecule has 0 N–H and O–H groups in total. The van der Waals surface area contributed by atoms with Crippen LogP contribution in [-0.2, 0) is 4.79 Å². The highest BCUT2D eigenvalue weighted by molar-refractivity contribution is 6.30. The van der Waals surface area contributed by atoms with Crippen LogP contribution in [0, 0.1) is 29.5 Å². The Balaban J connectivity index is 1.39. The molecule has 0 unspecified atom stereocenters. The van der Waals surface area contributed by atoms with Crippen LogP contribution in [0.2, 0.25) is 5.02 Å². The van der Waals surface area contributed by atoms with Crippen LogP contribution in [0.5, 0.6) is 5.75 Å². The van der Waals surface area contributed by atoms with E-state index < -0.39 is 5.82 Å². The second kappa shape index (κ2) is 10.6. The zero-order valence-corrected chi connectivity index (χ0v) is 17.9. The van der Waals surface area contributed by atoms with Crippen molar-refractivity contribution in [1.29, 1.82) is 0 Å². The molecule has 2 nitrogen and oxygen atoms in total. The maximum Gasteiger partial charge on any atom is 0.314 e. The molecule has 3 rings (SSSR count). The van der Waals surface area contributed by atoms with Crippen molar-refractivity contribution < 1.29 is 13.9 Å². The number of esters is 1. The van der Waals surface area contributed by atoms with Gasteiger partial charge in [0.1, 0.15) is 11.6 Å². The predicted molar refractivity (Wildman–Crippen MR) is 112 cm³/mol. The number of hydrogen-bond donors (Lipinski definition) is 0. The Morgan fingerprint density at radius 2 is 1.68 bits per heavy atom. The van der Waals surface area contributed by atoms with E-state index in [1.54, 1.807) is 6.07 Å². The second-order valence-corrected chi connectivity index (χ2v) is 9.29. The average Bonchev–Trinajstić information content (AvgIpc) is 2.72. The van der Waals surface area contributed by atoms with Gasteiger partial charge in [0.2, 0.25) is 0 Å². The fourth-order valence-corrected chi connectivity index (χ4v) is 5.32. The summed E-state index contributed by atoms with van der Waals surface area (Å²) in [6.45, 7) is 2.27. The van der Waals surface area contributed by atoms with E-state index in [2.05, 4.69) is 6.92 Å². The third kappa shape index (κ3) is 5.95. The van der Waals surface area contributed by atoms with Crippen molar-refractivity contribution in [2.24, 2.45) is 23.7 Å². The van der Waals surface area contributed by atoms with Gasteiger partial charge in [0.15, 0.2) is 0 Å². The predicted octanol–water partition coefficient (Wildman–Crippen LogP) is 7.58. The van der Waals surface area contributed by atoms with E-state index in [4.69, 9.17) is 16.3 Å². The topological polar surface area (TPSA) is 26.3 Å². The third-order valence-electron chi connectivity index (χ3n) is 6.99. The first-order valence-electron chi connectivity index (χ1n) is 11.2. The minimum absolute atomic E-state index is 0.0420. The van der Waals surface area contributed by atoms with E-state index >= 15 is 0 Å². The van der Waals surface area contributed by atoms with Crippen LogP contribution in [0.1, 0.15) is 84.0 Å². The number of carbonyl (C=O) groups excluding carboxylic acids is 1. The van der Waals surface area contributed by atoms with Gasteiger partial charge in [0, 0.05) is 6.07 Å². The lowest BCUT2D eigenvalue weighted by atomic mass is 9.68. The number of unbranched alkanes of at least 4 members (excludes halogenated alkanes) is 2. The smallest absolute Gasteiger partial charge is 0.314 e. The summed E-state index contributed by atoms with van der Waals surface area (Å²) in [4.78, 5) is 12.4. The summed E-state index contributed by atoms with van der Waals surface area (Å²) < 4.78 is 18.9. The molecule has 0 aromatic heterocycles. The number of carbonyl (C=O) groups is 1. The summed E-state index contributed by atoms with van der Waals surface area (Å²) in [7, 11) is 0. The summed E-state index contributed by atoms with van der Waals surface area (Å²) in [6, 6.07) is 4.16. The van der Waals surface area contributed by atoms with Crippen molar-refractivity contribution in [2.75, 3.05) is 0 Å². The zero-order valence-electron chi connectivity index (χ0n) is 17.1. The number of rotatable bonds is 7. The molecule has 0 spiro atoms. The van der Waals surface area contributed by atoms with Gasteiger partial charge in [-0.2, -0.15) is 0 Å². The maximum atomic E-state index is 13.5. The molecule has 0 radical (unpaired) electrons. The molecule has 1 aromatic rings. The first kappa shape index (κ1) is 21.6. The molecule has 2 aliphatic carbocycles. The highest BCUT2D eigenvalue weighted by Crippen LogP contribution is 2.42. The lowest BCUT2D eigenvalue weighted by molar-refractivity contribution is -0.140. The van der Waals surface area contributed by atoms with Gasteiger partial charge in [0.25, 0.3) is 0 Å². The van der Waals surface area contributed by atoms with Crippen molar-refractivity contribution >= 4 is 17.6 Å². The van der Waals surface area contributed by atoms with Gasteiger partial charge in [-0.3, -0.25) is 4.79 Å². The van der Waals surface area contributed by atoms with Crippen LogP contribution in [0.4, 0.5) is 4.39 Å². The first-order chi connectivity index (χ1) is 13.6.